The van der Waals surface area contributed by atoms with Crippen molar-refractivity contribution < 1.29 is 4.79 Å². The SMILES string of the molecule is CCc1nccn1-c1ccc(C(=O)N2CCC[C@@]3(C)[C@@H]2CCCCN3C)cn1. The summed E-state index contributed by atoms with van der Waals surface area (Å²) >= 11 is 0. The predicted octanol–water partition coefficient (Wildman–Crippen LogP) is 3.31. The lowest BCUT2D eigenvalue weighted by Crippen LogP contribution is -2.63. The Morgan fingerprint density at radius 3 is 2.82 bits per heavy atom. The molecule has 0 saturated carbocycles. The lowest BCUT2D eigenvalue weighted by Gasteiger charge is -2.51. The van der Waals surface area contributed by atoms with Crippen molar-refractivity contribution in [1.29, 1.82) is 0 Å². The van der Waals surface area contributed by atoms with E-state index in [0.29, 0.717) is 5.56 Å². The highest BCUT2D eigenvalue weighted by molar-refractivity contribution is 5.94. The number of piperidine rings is 1. The third-order valence-corrected chi connectivity index (χ3v) is 6.81. The number of hydrogen-bond acceptors (Lipinski definition) is 4. The summed E-state index contributed by atoms with van der Waals surface area (Å²) in [4.78, 5) is 26.9. The normalized spacial score (nSPS) is 26.0. The minimum absolute atomic E-state index is 0.0740. The van der Waals surface area contributed by atoms with Crippen LogP contribution in [0.4, 0.5) is 0 Å². The molecule has 1 amide bonds. The fourth-order valence-corrected chi connectivity index (χ4v) is 4.99. The van der Waals surface area contributed by atoms with E-state index in [2.05, 4.69) is 40.7 Å². The second-order valence-electron chi connectivity index (χ2n) is 8.36. The molecule has 6 nitrogen and oxygen atoms in total. The van der Waals surface area contributed by atoms with Gasteiger partial charge in [-0.05, 0) is 58.3 Å². The van der Waals surface area contributed by atoms with Gasteiger partial charge in [0.05, 0.1) is 11.6 Å². The largest absolute Gasteiger partial charge is 0.334 e. The molecule has 2 saturated heterocycles. The third-order valence-electron chi connectivity index (χ3n) is 6.81. The number of carbonyl (C=O) groups is 1. The molecule has 0 aliphatic carbocycles. The van der Waals surface area contributed by atoms with Crippen LogP contribution in [0.25, 0.3) is 5.82 Å². The summed E-state index contributed by atoms with van der Waals surface area (Å²) in [7, 11) is 2.22. The second kappa shape index (κ2) is 7.66. The van der Waals surface area contributed by atoms with Crippen LogP contribution in [0.1, 0.15) is 62.1 Å². The standard InChI is InChI=1S/C22H31N5O/c1-4-19-23-12-15-27(19)20-10-9-17(16-24-20)21(28)26-14-7-11-22(2)18(26)8-5-6-13-25(22)3/h9-10,12,15-16,18H,4-8,11,13-14H2,1-3H3/t18-,22-/m0/s1. The number of hydrogen-bond donors (Lipinski definition) is 0. The molecule has 2 aromatic heterocycles. The molecular formula is C22H31N5O. The lowest BCUT2D eigenvalue weighted by molar-refractivity contribution is -0.00338. The fraction of sp³-hybridized carbons (Fsp3) is 0.591. The Bertz CT molecular complexity index is 830. The van der Waals surface area contributed by atoms with Crippen LogP contribution in [0.3, 0.4) is 0 Å². The Kier molecular flexibility index (Phi) is 5.23. The number of aromatic nitrogens is 3. The molecule has 4 rings (SSSR count). The minimum atomic E-state index is 0.0740. The number of likely N-dealkylation sites (tertiary alicyclic amines) is 2. The molecule has 2 aliphatic rings. The van der Waals surface area contributed by atoms with Crippen LogP contribution >= 0.6 is 0 Å². The minimum Gasteiger partial charge on any atom is -0.334 e. The molecule has 0 spiro atoms. The van der Waals surface area contributed by atoms with Crippen LogP contribution < -0.4 is 0 Å². The van der Waals surface area contributed by atoms with E-state index in [0.717, 1.165) is 50.4 Å². The Morgan fingerprint density at radius 1 is 1.21 bits per heavy atom. The maximum Gasteiger partial charge on any atom is 0.255 e. The van der Waals surface area contributed by atoms with Crippen molar-refractivity contribution in [3.63, 3.8) is 0 Å². The van der Waals surface area contributed by atoms with Crippen molar-refractivity contribution in [2.24, 2.45) is 0 Å². The van der Waals surface area contributed by atoms with Gasteiger partial charge in [-0.25, -0.2) is 9.97 Å². The zero-order chi connectivity index (χ0) is 19.7. The van der Waals surface area contributed by atoms with Gasteiger partial charge in [0, 0.05) is 37.1 Å². The van der Waals surface area contributed by atoms with Crippen LogP contribution in [0.15, 0.2) is 30.7 Å². The average molecular weight is 382 g/mol. The summed E-state index contributed by atoms with van der Waals surface area (Å²) < 4.78 is 1.98. The maximum atomic E-state index is 13.4. The van der Waals surface area contributed by atoms with Crippen LogP contribution in [-0.2, 0) is 6.42 Å². The number of pyridine rings is 1. The number of carbonyl (C=O) groups excluding carboxylic acids is 1. The topological polar surface area (TPSA) is 54.3 Å². The number of nitrogens with zero attached hydrogens (tertiary/aromatic N) is 5. The van der Waals surface area contributed by atoms with E-state index in [-0.39, 0.29) is 17.5 Å². The average Bonchev–Trinajstić information content (AvgIpc) is 3.14. The Labute approximate surface area is 167 Å². The molecule has 2 fully saturated rings. The number of aryl methyl sites for hydroxylation is 1. The molecule has 2 atom stereocenters. The molecule has 2 aromatic rings. The van der Waals surface area contributed by atoms with Crippen LogP contribution in [0.5, 0.6) is 0 Å². The summed E-state index contributed by atoms with van der Waals surface area (Å²) in [6.45, 7) is 6.38. The summed E-state index contributed by atoms with van der Waals surface area (Å²) in [6, 6.07) is 4.12. The monoisotopic (exact) mass is 381 g/mol. The van der Waals surface area contributed by atoms with E-state index >= 15 is 0 Å². The number of rotatable bonds is 3. The first-order chi connectivity index (χ1) is 13.5. The lowest BCUT2D eigenvalue weighted by atomic mass is 9.80. The van der Waals surface area contributed by atoms with Gasteiger partial charge in [0.25, 0.3) is 5.91 Å². The van der Waals surface area contributed by atoms with Crippen LogP contribution in [0, 0.1) is 0 Å². The molecular weight excluding hydrogens is 350 g/mol. The Morgan fingerprint density at radius 2 is 2.07 bits per heavy atom. The molecule has 0 aromatic carbocycles. The quantitative estimate of drug-likeness (QED) is 0.819. The third kappa shape index (κ3) is 3.24. The number of imidazole rings is 1. The van der Waals surface area contributed by atoms with Gasteiger partial charge in [-0.2, -0.15) is 0 Å². The van der Waals surface area contributed by atoms with Gasteiger partial charge in [0.15, 0.2) is 0 Å². The zero-order valence-corrected chi connectivity index (χ0v) is 17.3. The van der Waals surface area contributed by atoms with Gasteiger partial charge in [0.2, 0.25) is 0 Å². The van der Waals surface area contributed by atoms with Crippen molar-refractivity contribution in [2.45, 2.75) is 64.0 Å². The molecule has 0 radical (unpaired) electrons. The van der Waals surface area contributed by atoms with E-state index in [1.807, 2.05) is 22.9 Å². The molecule has 0 N–H and O–H groups in total. The molecule has 6 heteroatoms. The molecule has 4 heterocycles. The summed E-state index contributed by atoms with van der Waals surface area (Å²) in [5.41, 5.74) is 0.753. The molecule has 0 unspecified atom stereocenters. The molecule has 0 bridgehead atoms. The van der Waals surface area contributed by atoms with E-state index in [1.54, 1.807) is 12.4 Å². The number of fused-ring (bicyclic) bond motifs is 1. The summed E-state index contributed by atoms with van der Waals surface area (Å²) in [5, 5.41) is 0. The first-order valence-corrected chi connectivity index (χ1v) is 10.6. The number of amides is 1. The maximum absolute atomic E-state index is 13.4. The highest BCUT2D eigenvalue weighted by Crippen LogP contribution is 2.38. The van der Waals surface area contributed by atoms with Gasteiger partial charge in [-0.1, -0.05) is 13.3 Å². The molecule has 28 heavy (non-hydrogen) atoms. The van der Waals surface area contributed by atoms with E-state index in [9.17, 15) is 4.79 Å². The smallest absolute Gasteiger partial charge is 0.255 e. The summed E-state index contributed by atoms with van der Waals surface area (Å²) in [6.07, 6.45) is 12.0. The summed E-state index contributed by atoms with van der Waals surface area (Å²) in [5.74, 6) is 1.90. The highest BCUT2D eigenvalue weighted by Gasteiger charge is 2.46. The van der Waals surface area contributed by atoms with E-state index < -0.39 is 0 Å². The van der Waals surface area contributed by atoms with Crippen molar-refractivity contribution in [2.75, 3.05) is 20.1 Å². The van der Waals surface area contributed by atoms with Gasteiger partial charge >= 0.3 is 0 Å². The Hall–Kier alpha value is -2.21. The highest BCUT2D eigenvalue weighted by atomic mass is 16.2. The zero-order valence-electron chi connectivity index (χ0n) is 17.3. The molecule has 150 valence electrons. The second-order valence-corrected chi connectivity index (χ2v) is 8.36. The van der Waals surface area contributed by atoms with Crippen molar-refractivity contribution in [3.8, 4) is 5.82 Å². The van der Waals surface area contributed by atoms with E-state index in [4.69, 9.17) is 0 Å². The van der Waals surface area contributed by atoms with E-state index in [1.165, 1.54) is 12.8 Å². The predicted molar refractivity (Wildman–Crippen MR) is 110 cm³/mol. The molecule has 2 aliphatic heterocycles. The fourth-order valence-electron chi connectivity index (χ4n) is 4.99. The van der Waals surface area contributed by atoms with Gasteiger partial charge < -0.3 is 4.90 Å². The Balaban J connectivity index is 1.58. The van der Waals surface area contributed by atoms with Crippen molar-refractivity contribution in [3.05, 3.63) is 42.1 Å². The first-order valence-electron chi connectivity index (χ1n) is 10.6. The van der Waals surface area contributed by atoms with Crippen LogP contribution in [-0.4, -0.2) is 62.0 Å². The van der Waals surface area contributed by atoms with Gasteiger partial charge in [0.1, 0.15) is 11.6 Å². The van der Waals surface area contributed by atoms with Crippen molar-refractivity contribution >= 4 is 5.91 Å². The van der Waals surface area contributed by atoms with Gasteiger partial charge in [-0.15, -0.1) is 0 Å². The van der Waals surface area contributed by atoms with Crippen LogP contribution in [0.2, 0.25) is 0 Å². The van der Waals surface area contributed by atoms with Gasteiger partial charge in [-0.3, -0.25) is 14.3 Å². The van der Waals surface area contributed by atoms with Crippen molar-refractivity contribution in [1.82, 2.24) is 24.3 Å². The first kappa shape index (κ1) is 19.1. The number of likely N-dealkylation sites (N-methyl/N-ethyl adjacent to an activating group) is 1.